The lowest BCUT2D eigenvalue weighted by molar-refractivity contribution is 0.260. The smallest absolute Gasteiger partial charge is 0.318 e. The summed E-state index contributed by atoms with van der Waals surface area (Å²) in [7, 11) is 0. The van der Waals surface area contributed by atoms with Crippen molar-refractivity contribution >= 4 is 17.6 Å². The molecule has 0 amide bonds. The Labute approximate surface area is 120 Å². The van der Waals surface area contributed by atoms with Crippen LogP contribution in [0.2, 0.25) is 5.02 Å². The van der Waals surface area contributed by atoms with Gasteiger partial charge in [0.25, 0.3) is 5.89 Å². The van der Waals surface area contributed by atoms with Crippen LogP contribution < -0.4 is 9.64 Å². The van der Waals surface area contributed by atoms with E-state index < -0.39 is 5.82 Å². The fourth-order valence-electron chi connectivity index (χ4n) is 2.00. The van der Waals surface area contributed by atoms with E-state index in [-0.39, 0.29) is 11.6 Å². The van der Waals surface area contributed by atoms with Crippen LogP contribution >= 0.6 is 11.6 Å². The monoisotopic (exact) mass is 297 g/mol. The molecule has 1 fully saturated rings. The summed E-state index contributed by atoms with van der Waals surface area (Å²) >= 11 is 5.59. The zero-order valence-corrected chi connectivity index (χ0v) is 11.6. The van der Waals surface area contributed by atoms with Crippen molar-refractivity contribution in [3.8, 4) is 5.75 Å². The average molecular weight is 298 g/mol. The Kier molecular flexibility index (Phi) is 3.48. The summed E-state index contributed by atoms with van der Waals surface area (Å²) in [5.41, 5.74) is 0. The Morgan fingerprint density at radius 3 is 2.95 bits per heavy atom. The molecule has 0 atom stereocenters. The first kappa shape index (κ1) is 13.2. The molecule has 5 nitrogen and oxygen atoms in total. The van der Waals surface area contributed by atoms with Gasteiger partial charge in [-0.15, -0.1) is 5.10 Å². The van der Waals surface area contributed by atoms with Crippen molar-refractivity contribution in [2.24, 2.45) is 5.92 Å². The second-order valence-electron chi connectivity index (χ2n) is 4.85. The van der Waals surface area contributed by atoms with Gasteiger partial charge < -0.3 is 14.1 Å². The molecule has 2 heterocycles. The first-order valence-corrected chi connectivity index (χ1v) is 6.65. The zero-order valence-electron chi connectivity index (χ0n) is 10.8. The van der Waals surface area contributed by atoms with E-state index in [1.54, 1.807) is 6.07 Å². The molecule has 0 aliphatic carbocycles. The maximum absolute atomic E-state index is 13.2. The van der Waals surface area contributed by atoms with Gasteiger partial charge >= 0.3 is 6.01 Å². The molecule has 1 saturated heterocycles. The van der Waals surface area contributed by atoms with Crippen molar-refractivity contribution in [2.75, 3.05) is 18.0 Å². The number of rotatable bonds is 4. The molecule has 3 rings (SSSR count). The molecule has 1 aromatic heterocycles. The Hall–Kier alpha value is -1.82. The van der Waals surface area contributed by atoms with Gasteiger partial charge in [0, 0.05) is 19.2 Å². The van der Waals surface area contributed by atoms with Gasteiger partial charge in [0.1, 0.15) is 11.6 Å². The maximum atomic E-state index is 13.2. The third kappa shape index (κ3) is 2.70. The summed E-state index contributed by atoms with van der Waals surface area (Å²) in [4.78, 5) is 2.00. The van der Waals surface area contributed by atoms with E-state index in [1.807, 2.05) is 4.90 Å². The van der Waals surface area contributed by atoms with Crippen LogP contribution in [0.5, 0.6) is 5.75 Å². The Morgan fingerprint density at radius 2 is 2.25 bits per heavy atom. The predicted molar refractivity (Wildman–Crippen MR) is 71.4 cm³/mol. The van der Waals surface area contributed by atoms with Gasteiger partial charge in [-0.25, -0.2) is 4.39 Å². The molecule has 2 aromatic rings. The van der Waals surface area contributed by atoms with Crippen molar-refractivity contribution in [2.45, 2.75) is 13.5 Å². The zero-order chi connectivity index (χ0) is 14.1. The molecule has 0 saturated carbocycles. The van der Waals surface area contributed by atoms with Crippen LogP contribution in [0, 0.1) is 11.7 Å². The second-order valence-corrected chi connectivity index (χ2v) is 5.26. The quantitative estimate of drug-likeness (QED) is 0.868. The minimum atomic E-state index is -0.523. The number of aromatic nitrogens is 2. The second kappa shape index (κ2) is 5.28. The number of nitrogens with zero attached hydrogens (tertiary/aromatic N) is 3. The van der Waals surface area contributed by atoms with E-state index in [0.29, 0.717) is 23.6 Å². The van der Waals surface area contributed by atoms with Crippen LogP contribution in [0.4, 0.5) is 10.4 Å². The van der Waals surface area contributed by atoms with Crippen molar-refractivity contribution in [3.05, 3.63) is 34.9 Å². The minimum absolute atomic E-state index is 0.0596. The van der Waals surface area contributed by atoms with Gasteiger partial charge in [-0.2, -0.15) is 0 Å². The fraction of sp³-hybridized carbons (Fsp3) is 0.385. The molecule has 0 spiro atoms. The Balaban J connectivity index is 1.59. The van der Waals surface area contributed by atoms with E-state index in [2.05, 4.69) is 17.1 Å². The lowest BCUT2D eigenvalue weighted by atomic mass is 10.0. The highest BCUT2D eigenvalue weighted by atomic mass is 35.5. The van der Waals surface area contributed by atoms with Gasteiger partial charge in [0.2, 0.25) is 0 Å². The number of anilines is 1. The third-order valence-corrected chi connectivity index (χ3v) is 3.35. The lowest BCUT2D eigenvalue weighted by Crippen LogP contribution is -2.45. The topological polar surface area (TPSA) is 51.4 Å². The highest BCUT2D eigenvalue weighted by Crippen LogP contribution is 2.24. The average Bonchev–Trinajstić information content (AvgIpc) is 2.85. The molecular weight excluding hydrogens is 285 g/mol. The first-order valence-electron chi connectivity index (χ1n) is 6.27. The van der Waals surface area contributed by atoms with Crippen LogP contribution in [0.15, 0.2) is 22.6 Å². The van der Waals surface area contributed by atoms with Crippen LogP contribution in [0.25, 0.3) is 0 Å². The molecule has 1 aliphatic rings. The molecule has 1 aliphatic heterocycles. The third-order valence-electron chi connectivity index (χ3n) is 3.04. The predicted octanol–water partition coefficient (Wildman–Crippen LogP) is 2.90. The van der Waals surface area contributed by atoms with Crippen molar-refractivity contribution < 1.29 is 13.5 Å². The summed E-state index contributed by atoms with van der Waals surface area (Å²) in [5.74, 6) is 0.850. The van der Waals surface area contributed by atoms with E-state index in [4.69, 9.17) is 20.8 Å². The number of hydrogen-bond acceptors (Lipinski definition) is 5. The molecule has 0 N–H and O–H groups in total. The van der Waals surface area contributed by atoms with Crippen molar-refractivity contribution in [1.82, 2.24) is 10.2 Å². The normalized spacial score (nSPS) is 15.2. The van der Waals surface area contributed by atoms with Gasteiger partial charge in [0.15, 0.2) is 6.61 Å². The minimum Gasteiger partial charge on any atom is -0.484 e. The highest BCUT2D eigenvalue weighted by Gasteiger charge is 2.26. The summed E-state index contributed by atoms with van der Waals surface area (Å²) in [5, 5.41) is 7.91. The van der Waals surface area contributed by atoms with E-state index in [0.717, 1.165) is 13.1 Å². The SMILES string of the molecule is CC1CN(c2nnc(COc3ccc(Cl)c(F)c3)o2)C1. The van der Waals surface area contributed by atoms with Gasteiger partial charge in [-0.3, -0.25) is 0 Å². The van der Waals surface area contributed by atoms with Crippen molar-refractivity contribution in [3.63, 3.8) is 0 Å². The summed E-state index contributed by atoms with van der Waals surface area (Å²) in [6, 6.07) is 4.74. The van der Waals surface area contributed by atoms with Gasteiger partial charge in [-0.1, -0.05) is 23.6 Å². The molecule has 1 aromatic carbocycles. The largest absolute Gasteiger partial charge is 0.484 e. The molecule has 106 valence electrons. The summed E-state index contributed by atoms with van der Waals surface area (Å²) in [6.07, 6.45) is 0. The highest BCUT2D eigenvalue weighted by molar-refractivity contribution is 6.30. The number of ether oxygens (including phenoxy) is 1. The molecule has 7 heteroatoms. The molecule has 0 bridgehead atoms. The van der Waals surface area contributed by atoms with Crippen LogP contribution in [0.3, 0.4) is 0 Å². The van der Waals surface area contributed by atoms with Crippen LogP contribution in [0.1, 0.15) is 12.8 Å². The molecule has 20 heavy (non-hydrogen) atoms. The Morgan fingerprint density at radius 1 is 1.45 bits per heavy atom. The molecule has 0 radical (unpaired) electrons. The molecular formula is C13H13ClFN3O2. The van der Waals surface area contributed by atoms with Crippen LogP contribution in [-0.4, -0.2) is 23.3 Å². The van der Waals surface area contributed by atoms with E-state index >= 15 is 0 Å². The van der Waals surface area contributed by atoms with Crippen molar-refractivity contribution in [1.29, 1.82) is 0 Å². The van der Waals surface area contributed by atoms with Crippen LogP contribution in [-0.2, 0) is 6.61 Å². The van der Waals surface area contributed by atoms with E-state index in [1.165, 1.54) is 12.1 Å². The number of halogens is 2. The summed E-state index contributed by atoms with van der Waals surface area (Å²) < 4.78 is 24.1. The lowest BCUT2D eigenvalue weighted by Gasteiger charge is -2.35. The maximum Gasteiger partial charge on any atom is 0.318 e. The van der Waals surface area contributed by atoms with E-state index in [9.17, 15) is 4.39 Å². The summed E-state index contributed by atoms with van der Waals surface area (Å²) in [6.45, 7) is 4.10. The number of hydrogen-bond donors (Lipinski definition) is 0. The standard InChI is InChI=1S/C13H13ClFN3O2/c1-8-5-18(6-8)13-17-16-12(20-13)7-19-9-2-3-10(14)11(15)4-9/h2-4,8H,5-7H2,1H3. The van der Waals surface area contributed by atoms with Gasteiger partial charge in [-0.05, 0) is 18.1 Å². The number of benzene rings is 1. The fourth-order valence-corrected chi connectivity index (χ4v) is 2.12. The van der Waals surface area contributed by atoms with Gasteiger partial charge in [0.05, 0.1) is 5.02 Å². The molecule has 0 unspecified atom stereocenters. The first-order chi connectivity index (χ1) is 9.61. The Bertz CT molecular complexity index is 613.